The Balaban J connectivity index is 1.35. The molecule has 1 saturated heterocycles. The molecule has 5 rings (SSSR count). The van der Waals surface area contributed by atoms with Gasteiger partial charge >= 0.3 is 6.09 Å². The second-order valence-electron chi connectivity index (χ2n) is 8.15. The summed E-state index contributed by atoms with van der Waals surface area (Å²) in [4.78, 5) is 18.8. The van der Waals surface area contributed by atoms with E-state index in [1.807, 2.05) is 48.8 Å². The smallest absolute Gasteiger partial charge is 0.415 e. The lowest BCUT2D eigenvalue weighted by Gasteiger charge is -2.36. The second kappa shape index (κ2) is 6.93. The summed E-state index contributed by atoms with van der Waals surface area (Å²) in [5.74, 6) is 0.399. The molecule has 1 saturated carbocycles. The molecule has 1 amide bonds. The molecule has 0 radical (unpaired) electrons. The van der Waals surface area contributed by atoms with Crippen LogP contribution in [0.1, 0.15) is 31.2 Å². The lowest BCUT2D eigenvalue weighted by molar-refractivity contribution is 0.00439. The number of para-hydroxylation sites is 1. The molecule has 2 atom stereocenters. The average molecular weight is 386 g/mol. The molecule has 2 aliphatic rings. The van der Waals surface area contributed by atoms with Gasteiger partial charge in [0.25, 0.3) is 0 Å². The van der Waals surface area contributed by atoms with Crippen LogP contribution in [0.5, 0.6) is 0 Å². The Hall–Kier alpha value is -3.33. The molecule has 0 bridgehead atoms. The number of hydrogen-bond acceptors (Lipinski definition) is 4. The lowest BCUT2D eigenvalue weighted by Crippen LogP contribution is -2.40. The van der Waals surface area contributed by atoms with Gasteiger partial charge in [0.1, 0.15) is 5.60 Å². The zero-order valence-corrected chi connectivity index (χ0v) is 16.1. The first-order valence-electron chi connectivity index (χ1n) is 10.1. The number of imidazole rings is 1. The van der Waals surface area contributed by atoms with Gasteiger partial charge in [0.2, 0.25) is 0 Å². The second-order valence-corrected chi connectivity index (χ2v) is 8.15. The summed E-state index contributed by atoms with van der Waals surface area (Å²) < 4.78 is 8.08. The Morgan fingerprint density at radius 1 is 1.24 bits per heavy atom. The van der Waals surface area contributed by atoms with Gasteiger partial charge in [0, 0.05) is 12.2 Å². The fourth-order valence-electron chi connectivity index (χ4n) is 4.82. The standard InChI is InChI=1S/C23H22N4O2/c24-13-17-8-9-20-21(11-17)26(16-25-20)14-18-5-4-10-23(12-18)15-27(22(28)29-23)19-6-2-1-3-7-19/h1-3,6-9,11,16,18H,4-5,10,12,14-15H2/t18-,23-/m0/s1. The van der Waals surface area contributed by atoms with E-state index in [1.54, 1.807) is 11.0 Å². The zero-order chi connectivity index (χ0) is 19.8. The molecule has 6 heteroatoms. The molecule has 2 fully saturated rings. The molecule has 0 N–H and O–H groups in total. The minimum absolute atomic E-state index is 0.247. The van der Waals surface area contributed by atoms with Crippen LogP contribution in [0.4, 0.5) is 10.5 Å². The van der Waals surface area contributed by atoms with E-state index in [2.05, 4.69) is 15.6 Å². The van der Waals surface area contributed by atoms with Gasteiger partial charge in [0.15, 0.2) is 0 Å². The van der Waals surface area contributed by atoms with Crippen LogP contribution < -0.4 is 4.90 Å². The molecule has 0 unspecified atom stereocenters. The largest absolute Gasteiger partial charge is 0.441 e. The number of aromatic nitrogens is 2. The summed E-state index contributed by atoms with van der Waals surface area (Å²) in [6, 6.07) is 17.5. The first-order chi connectivity index (χ1) is 14.2. The van der Waals surface area contributed by atoms with Crippen molar-refractivity contribution < 1.29 is 9.53 Å². The topological polar surface area (TPSA) is 71.2 Å². The van der Waals surface area contributed by atoms with Crippen LogP contribution in [0.2, 0.25) is 0 Å². The van der Waals surface area contributed by atoms with Crippen LogP contribution in [-0.2, 0) is 11.3 Å². The molecule has 3 aromatic rings. The van der Waals surface area contributed by atoms with Crippen LogP contribution >= 0.6 is 0 Å². The van der Waals surface area contributed by atoms with E-state index in [4.69, 9.17) is 4.74 Å². The van der Waals surface area contributed by atoms with Crippen LogP contribution in [0.3, 0.4) is 0 Å². The molecule has 2 heterocycles. The summed E-state index contributed by atoms with van der Waals surface area (Å²) in [5, 5.41) is 9.20. The third-order valence-electron chi connectivity index (χ3n) is 6.15. The number of rotatable bonds is 3. The quantitative estimate of drug-likeness (QED) is 0.665. The molecular formula is C23H22N4O2. The third kappa shape index (κ3) is 3.23. The minimum atomic E-state index is -0.413. The first-order valence-corrected chi connectivity index (χ1v) is 10.1. The normalized spacial score (nSPS) is 24.0. The van der Waals surface area contributed by atoms with Crippen molar-refractivity contribution in [3.8, 4) is 6.07 Å². The van der Waals surface area contributed by atoms with Crippen molar-refractivity contribution >= 4 is 22.8 Å². The van der Waals surface area contributed by atoms with Crippen molar-refractivity contribution in [2.45, 2.75) is 37.8 Å². The van der Waals surface area contributed by atoms with Crippen molar-refractivity contribution in [3.63, 3.8) is 0 Å². The van der Waals surface area contributed by atoms with E-state index >= 15 is 0 Å². The maximum Gasteiger partial charge on any atom is 0.415 e. The molecule has 1 spiro atoms. The summed E-state index contributed by atoms with van der Waals surface area (Å²) in [5.41, 5.74) is 3.00. The summed E-state index contributed by atoms with van der Waals surface area (Å²) >= 11 is 0. The van der Waals surface area contributed by atoms with Crippen molar-refractivity contribution in [2.24, 2.45) is 5.92 Å². The van der Waals surface area contributed by atoms with Gasteiger partial charge in [-0.1, -0.05) is 18.2 Å². The summed E-state index contributed by atoms with van der Waals surface area (Å²) in [6.45, 7) is 1.42. The number of fused-ring (bicyclic) bond motifs is 1. The predicted molar refractivity (Wildman–Crippen MR) is 109 cm³/mol. The highest BCUT2D eigenvalue weighted by molar-refractivity contribution is 5.90. The van der Waals surface area contributed by atoms with E-state index in [0.29, 0.717) is 18.0 Å². The van der Waals surface area contributed by atoms with Crippen molar-refractivity contribution in [1.29, 1.82) is 5.26 Å². The number of ether oxygens (including phenoxy) is 1. The fraction of sp³-hybridized carbons (Fsp3) is 0.348. The molecule has 1 aromatic heterocycles. The maximum absolute atomic E-state index is 12.6. The molecule has 29 heavy (non-hydrogen) atoms. The van der Waals surface area contributed by atoms with E-state index in [-0.39, 0.29) is 6.09 Å². The number of carbonyl (C=O) groups excluding carboxylic acids is 1. The Morgan fingerprint density at radius 2 is 2.10 bits per heavy atom. The van der Waals surface area contributed by atoms with E-state index in [1.165, 1.54) is 0 Å². The van der Waals surface area contributed by atoms with Gasteiger partial charge in [-0.15, -0.1) is 0 Å². The van der Waals surface area contributed by atoms with E-state index < -0.39 is 5.60 Å². The number of amides is 1. The molecule has 1 aliphatic carbocycles. The van der Waals surface area contributed by atoms with Crippen LogP contribution in [-0.4, -0.2) is 27.8 Å². The van der Waals surface area contributed by atoms with Crippen LogP contribution in [0.25, 0.3) is 11.0 Å². The van der Waals surface area contributed by atoms with Crippen molar-refractivity contribution in [1.82, 2.24) is 9.55 Å². The van der Waals surface area contributed by atoms with Crippen molar-refractivity contribution in [2.75, 3.05) is 11.4 Å². The maximum atomic E-state index is 12.6. The number of nitriles is 1. The van der Waals surface area contributed by atoms with E-state index in [0.717, 1.165) is 48.9 Å². The number of benzene rings is 2. The highest BCUT2D eigenvalue weighted by Gasteiger charge is 2.48. The van der Waals surface area contributed by atoms with Crippen LogP contribution in [0, 0.1) is 17.2 Å². The monoisotopic (exact) mass is 386 g/mol. The number of hydrogen-bond donors (Lipinski definition) is 0. The Morgan fingerprint density at radius 3 is 2.93 bits per heavy atom. The van der Waals surface area contributed by atoms with Crippen LogP contribution in [0.15, 0.2) is 54.9 Å². The minimum Gasteiger partial charge on any atom is -0.441 e. The summed E-state index contributed by atoms with van der Waals surface area (Å²) in [6.07, 6.45) is 5.49. The molecular weight excluding hydrogens is 364 g/mol. The van der Waals surface area contributed by atoms with Gasteiger partial charge in [0.05, 0.1) is 35.5 Å². The fourth-order valence-corrected chi connectivity index (χ4v) is 4.82. The molecule has 6 nitrogen and oxygen atoms in total. The molecule has 1 aliphatic heterocycles. The predicted octanol–water partition coefficient (Wildman–Crippen LogP) is 4.49. The lowest BCUT2D eigenvalue weighted by atomic mass is 9.78. The van der Waals surface area contributed by atoms with Gasteiger partial charge in [-0.05, 0) is 61.9 Å². The Kier molecular flexibility index (Phi) is 4.24. The first kappa shape index (κ1) is 17.7. The number of nitrogens with zero attached hydrogens (tertiary/aromatic N) is 4. The zero-order valence-electron chi connectivity index (χ0n) is 16.1. The van der Waals surface area contributed by atoms with Crippen molar-refractivity contribution in [3.05, 3.63) is 60.4 Å². The van der Waals surface area contributed by atoms with Gasteiger partial charge in [-0.25, -0.2) is 9.78 Å². The van der Waals surface area contributed by atoms with Gasteiger partial charge in [-0.2, -0.15) is 5.26 Å². The number of anilines is 1. The van der Waals surface area contributed by atoms with E-state index in [9.17, 15) is 10.1 Å². The highest BCUT2D eigenvalue weighted by Crippen LogP contribution is 2.41. The Labute approximate surface area is 169 Å². The number of carbonyl (C=O) groups is 1. The van der Waals surface area contributed by atoms with Gasteiger partial charge in [-0.3, -0.25) is 4.90 Å². The molecule has 2 aromatic carbocycles. The average Bonchev–Trinajstić information content (AvgIpc) is 3.29. The SMILES string of the molecule is N#Cc1ccc2ncn(C[C@H]3CCC[C@]4(C3)CN(c3ccccc3)C(=O)O4)c2c1. The highest BCUT2D eigenvalue weighted by atomic mass is 16.6. The van der Waals surface area contributed by atoms with Gasteiger partial charge < -0.3 is 9.30 Å². The Bertz CT molecular complexity index is 1100. The molecule has 146 valence electrons. The third-order valence-corrected chi connectivity index (χ3v) is 6.15. The summed E-state index contributed by atoms with van der Waals surface area (Å²) in [7, 11) is 0.